The van der Waals surface area contributed by atoms with Crippen LogP contribution in [-0.4, -0.2) is 61.8 Å². The fourth-order valence-corrected chi connectivity index (χ4v) is 4.21. The summed E-state index contributed by atoms with van der Waals surface area (Å²) in [5.74, 6) is 0.776. The van der Waals surface area contributed by atoms with E-state index in [1.165, 1.54) is 12.1 Å². The van der Waals surface area contributed by atoms with Crippen LogP contribution in [0, 0.1) is 10.1 Å². The van der Waals surface area contributed by atoms with Crippen LogP contribution in [0.1, 0.15) is 51.4 Å². The molecule has 2 aromatic rings. The normalized spacial score (nSPS) is 13.4. The smallest absolute Gasteiger partial charge is 0.472 e. The van der Waals surface area contributed by atoms with Gasteiger partial charge in [-0.25, -0.2) is 4.57 Å². The SMILES string of the molecule is C[N+](C)(C)CCOP(=O)(O)OCCCCCCCCCCOc1ccc(N=Nc2ccc([N+](=O)[O-])cc2)cc1. The minimum atomic E-state index is -3.95. The Morgan fingerprint density at radius 2 is 1.23 bits per heavy atom. The second kappa shape index (κ2) is 17.1. The Morgan fingerprint density at radius 1 is 0.769 bits per heavy atom. The maximum Gasteiger partial charge on any atom is 0.472 e. The Hall–Kier alpha value is -2.69. The van der Waals surface area contributed by atoms with Crippen LogP contribution in [0.2, 0.25) is 0 Å². The number of likely N-dealkylation sites (N-methyl/N-ethyl adjacent to an activating group) is 1. The number of nitro groups is 1. The molecule has 11 nitrogen and oxygen atoms in total. The summed E-state index contributed by atoms with van der Waals surface area (Å²) in [4.78, 5) is 19.9. The number of nitrogens with zero attached hydrogens (tertiary/aromatic N) is 4. The molecular weight excluding hydrogens is 523 g/mol. The lowest BCUT2D eigenvalue weighted by Gasteiger charge is -2.24. The van der Waals surface area contributed by atoms with Crippen molar-refractivity contribution in [1.82, 2.24) is 0 Å². The molecule has 12 heteroatoms. The summed E-state index contributed by atoms with van der Waals surface area (Å²) < 4.78 is 28.3. The highest BCUT2D eigenvalue weighted by molar-refractivity contribution is 7.47. The van der Waals surface area contributed by atoms with Crippen LogP contribution in [-0.2, 0) is 13.6 Å². The van der Waals surface area contributed by atoms with Crippen LogP contribution < -0.4 is 4.74 Å². The summed E-state index contributed by atoms with van der Waals surface area (Å²) in [5.41, 5.74) is 1.23. The van der Waals surface area contributed by atoms with Gasteiger partial charge < -0.3 is 14.1 Å². The molecule has 0 saturated heterocycles. The number of quaternary nitrogens is 1. The molecule has 0 saturated carbocycles. The van der Waals surface area contributed by atoms with Crippen molar-refractivity contribution in [2.24, 2.45) is 10.2 Å². The van der Waals surface area contributed by atoms with Crippen LogP contribution in [0.3, 0.4) is 0 Å². The lowest BCUT2D eigenvalue weighted by Crippen LogP contribution is -2.37. The van der Waals surface area contributed by atoms with Gasteiger partial charge in [-0.05, 0) is 49.2 Å². The van der Waals surface area contributed by atoms with E-state index in [1.807, 2.05) is 45.4 Å². The fourth-order valence-electron chi connectivity index (χ4n) is 3.47. The number of hydrogen-bond donors (Lipinski definition) is 1. The molecule has 0 bridgehead atoms. The summed E-state index contributed by atoms with van der Waals surface area (Å²) in [7, 11) is 2.03. The molecule has 0 aliphatic rings. The lowest BCUT2D eigenvalue weighted by molar-refractivity contribution is -0.870. The first kappa shape index (κ1) is 32.5. The topological polar surface area (TPSA) is 133 Å². The van der Waals surface area contributed by atoms with Crippen LogP contribution >= 0.6 is 7.82 Å². The monoisotopic (exact) mass is 565 g/mol. The molecule has 0 aliphatic heterocycles. The number of unbranched alkanes of at least 4 members (excludes halogenated alkanes) is 7. The number of benzene rings is 2. The molecule has 0 aromatic heterocycles. The molecule has 0 spiro atoms. The highest BCUT2D eigenvalue weighted by atomic mass is 31.2. The van der Waals surface area contributed by atoms with Crippen molar-refractivity contribution in [3.8, 4) is 5.75 Å². The van der Waals surface area contributed by atoms with E-state index in [2.05, 4.69) is 10.2 Å². The maximum absolute atomic E-state index is 11.8. The van der Waals surface area contributed by atoms with Gasteiger partial charge in [0.1, 0.15) is 18.9 Å². The summed E-state index contributed by atoms with van der Waals surface area (Å²) >= 11 is 0. The number of azo groups is 1. The maximum atomic E-state index is 11.8. The van der Waals surface area contributed by atoms with E-state index in [0.717, 1.165) is 57.1 Å². The second-order valence-electron chi connectivity index (χ2n) is 10.3. The molecule has 0 amide bonds. The number of rotatable bonds is 20. The number of nitro benzene ring substituents is 1. The highest BCUT2D eigenvalue weighted by Gasteiger charge is 2.21. The van der Waals surface area contributed by atoms with Crippen LogP contribution in [0.15, 0.2) is 58.8 Å². The molecule has 2 aromatic carbocycles. The highest BCUT2D eigenvalue weighted by Crippen LogP contribution is 2.43. The minimum Gasteiger partial charge on any atom is -0.494 e. The molecular formula is C27H42N4O7P+. The summed E-state index contributed by atoms with van der Waals surface area (Å²) in [6, 6.07) is 13.2. The fraction of sp³-hybridized carbons (Fsp3) is 0.556. The van der Waals surface area contributed by atoms with Crippen LogP contribution in [0.25, 0.3) is 0 Å². The van der Waals surface area contributed by atoms with Gasteiger partial charge in [0, 0.05) is 12.1 Å². The molecule has 0 fully saturated rings. The van der Waals surface area contributed by atoms with Gasteiger partial charge in [0.2, 0.25) is 0 Å². The van der Waals surface area contributed by atoms with E-state index in [0.29, 0.717) is 29.0 Å². The summed E-state index contributed by atoms with van der Waals surface area (Å²) in [6.45, 7) is 1.71. The third kappa shape index (κ3) is 15.5. The average Bonchev–Trinajstić information content (AvgIpc) is 2.88. The first-order chi connectivity index (χ1) is 18.5. The molecule has 0 heterocycles. The van der Waals surface area contributed by atoms with E-state index in [1.54, 1.807) is 12.1 Å². The Balaban J connectivity index is 1.46. The zero-order valence-corrected chi connectivity index (χ0v) is 24.1. The third-order valence-corrected chi connectivity index (χ3v) is 6.77. The zero-order valence-electron chi connectivity index (χ0n) is 23.2. The van der Waals surface area contributed by atoms with E-state index >= 15 is 0 Å². The Bertz CT molecular complexity index is 1060. The third-order valence-electron chi connectivity index (χ3n) is 5.76. The van der Waals surface area contributed by atoms with E-state index in [9.17, 15) is 19.6 Å². The van der Waals surface area contributed by atoms with E-state index < -0.39 is 12.7 Å². The van der Waals surface area contributed by atoms with Gasteiger partial charge in [-0.3, -0.25) is 19.2 Å². The Labute approximate surface area is 231 Å². The first-order valence-electron chi connectivity index (χ1n) is 13.4. The standard InChI is InChI=1S/C27H41N4O7P/c1-31(2,3)20-23-38-39(34,35)37-22-11-9-7-5-4-6-8-10-21-36-27-18-14-25(15-19-27)29-28-24-12-16-26(17-13-24)30(32)33/h12-19H,4-11,20-23H2,1-3H3/p+1. The van der Waals surface area contributed by atoms with Crippen molar-refractivity contribution in [1.29, 1.82) is 0 Å². The molecule has 1 atom stereocenters. The van der Waals surface area contributed by atoms with Gasteiger partial charge in [-0.15, -0.1) is 0 Å². The van der Waals surface area contributed by atoms with Crippen molar-refractivity contribution >= 4 is 24.9 Å². The molecule has 1 unspecified atom stereocenters. The zero-order chi connectivity index (χ0) is 28.6. The van der Waals surface area contributed by atoms with E-state index in [-0.39, 0.29) is 18.9 Å². The predicted octanol–water partition coefficient (Wildman–Crippen LogP) is 7.35. The van der Waals surface area contributed by atoms with Gasteiger partial charge in [0.25, 0.3) is 5.69 Å². The lowest BCUT2D eigenvalue weighted by atomic mass is 10.1. The largest absolute Gasteiger partial charge is 0.494 e. The average molecular weight is 566 g/mol. The van der Waals surface area contributed by atoms with Crippen molar-refractivity contribution in [3.63, 3.8) is 0 Å². The van der Waals surface area contributed by atoms with Gasteiger partial charge in [0.05, 0.1) is 50.7 Å². The molecule has 2 rings (SSSR count). The van der Waals surface area contributed by atoms with Crippen molar-refractivity contribution in [3.05, 3.63) is 58.6 Å². The first-order valence-corrected chi connectivity index (χ1v) is 14.8. The molecule has 0 aliphatic carbocycles. The molecule has 39 heavy (non-hydrogen) atoms. The van der Waals surface area contributed by atoms with Gasteiger partial charge in [-0.2, -0.15) is 10.2 Å². The molecule has 1 N–H and O–H groups in total. The minimum absolute atomic E-state index is 0.0173. The Kier molecular flexibility index (Phi) is 14.3. The van der Waals surface area contributed by atoms with Crippen molar-refractivity contribution in [2.75, 3.05) is 47.5 Å². The van der Waals surface area contributed by atoms with Gasteiger partial charge in [-0.1, -0.05) is 38.5 Å². The van der Waals surface area contributed by atoms with Gasteiger partial charge >= 0.3 is 7.82 Å². The number of non-ortho nitro benzene ring substituents is 1. The number of hydrogen-bond acceptors (Lipinski definition) is 8. The van der Waals surface area contributed by atoms with Gasteiger partial charge in [0.15, 0.2) is 0 Å². The van der Waals surface area contributed by atoms with Crippen molar-refractivity contribution in [2.45, 2.75) is 51.4 Å². The van der Waals surface area contributed by atoms with Crippen molar-refractivity contribution < 1.29 is 32.6 Å². The molecule has 216 valence electrons. The second-order valence-corrected chi connectivity index (χ2v) is 11.7. The Morgan fingerprint density at radius 3 is 1.74 bits per heavy atom. The van der Waals surface area contributed by atoms with Crippen LogP contribution in [0.4, 0.5) is 17.1 Å². The number of ether oxygens (including phenoxy) is 1. The number of phosphoric ester groups is 1. The quantitative estimate of drug-likeness (QED) is 0.0443. The summed E-state index contributed by atoms with van der Waals surface area (Å²) in [6.07, 6.45) is 8.30. The number of phosphoric acid groups is 1. The van der Waals surface area contributed by atoms with E-state index in [4.69, 9.17) is 13.8 Å². The molecule has 0 radical (unpaired) electrons. The predicted molar refractivity (Wildman–Crippen MR) is 151 cm³/mol. The van der Waals surface area contributed by atoms with Crippen LogP contribution in [0.5, 0.6) is 5.75 Å². The summed E-state index contributed by atoms with van der Waals surface area (Å²) in [5, 5.41) is 18.9.